The van der Waals surface area contributed by atoms with Crippen LogP contribution in [0.25, 0.3) is 0 Å². The minimum Gasteiger partial charge on any atom is -0.346 e. The van der Waals surface area contributed by atoms with Gasteiger partial charge in [0.2, 0.25) is 5.91 Å². The maximum atomic E-state index is 12.2. The van der Waals surface area contributed by atoms with E-state index in [0.29, 0.717) is 0 Å². The first-order chi connectivity index (χ1) is 11.0. The van der Waals surface area contributed by atoms with E-state index in [9.17, 15) is 14.4 Å². The van der Waals surface area contributed by atoms with Gasteiger partial charge in [0.1, 0.15) is 5.82 Å². The highest BCUT2D eigenvalue weighted by atomic mass is 16.2. The van der Waals surface area contributed by atoms with Crippen LogP contribution in [-0.4, -0.2) is 25.0 Å². The third kappa shape index (κ3) is 4.41. The van der Waals surface area contributed by atoms with E-state index in [1.54, 1.807) is 6.20 Å². The van der Waals surface area contributed by atoms with Crippen molar-refractivity contribution in [1.29, 1.82) is 0 Å². The van der Waals surface area contributed by atoms with Crippen molar-refractivity contribution in [1.82, 2.24) is 24.4 Å². The normalized spacial score (nSPS) is 12.1. The van der Waals surface area contributed by atoms with E-state index < -0.39 is 11.2 Å². The molecule has 0 aliphatic rings. The fourth-order valence-electron chi connectivity index (χ4n) is 2.38. The van der Waals surface area contributed by atoms with Gasteiger partial charge < -0.3 is 14.5 Å². The summed E-state index contributed by atoms with van der Waals surface area (Å²) in [6.45, 7) is 2.25. The summed E-state index contributed by atoms with van der Waals surface area (Å²) >= 11 is 0. The number of aryl methyl sites for hydroxylation is 2. The minimum atomic E-state index is -0.514. The molecule has 0 aliphatic carbocycles. The summed E-state index contributed by atoms with van der Waals surface area (Å²) in [5.74, 6) is 0.644. The Bertz CT molecular complexity index is 774. The van der Waals surface area contributed by atoms with Crippen LogP contribution < -0.4 is 16.6 Å². The fourth-order valence-corrected chi connectivity index (χ4v) is 2.38. The highest BCUT2D eigenvalue weighted by Crippen LogP contribution is 2.16. The van der Waals surface area contributed by atoms with Crippen LogP contribution in [-0.2, 0) is 18.4 Å². The molecule has 0 saturated carbocycles. The third-order valence-corrected chi connectivity index (χ3v) is 3.56. The predicted octanol–water partition coefficient (Wildman–Crippen LogP) is 0.318. The SMILES string of the molecule is CCC[C@@H](NC(=O)CCn1ccc(=O)[nH]c1=O)c1nccn1C. The largest absolute Gasteiger partial charge is 0.346 e. The number of aromatic nitrogens is 4. The molecule has 2 rings (SSSR count). The van der Waals surface area contributed by atoms with Gasteiger partial charge in [-0.05, 0) is 6.42 Å². The second kappa shape index (κ2) is 7.57. The first kappa shape index (κ1) is 16.7. The lowest BCUT2D eigenvalue weighted by Crippen LogP contribution is -2.33. The molecule has 0 aliphatic heterocycles. The van der Waals surface area contributed by atoms with Gasteiger partial charge in [0.25, 0.3) is 5.56 Å². The lowest BCUT2D eigenvalue weighted by Gasteiger charge is -2.18. The van der Waals surface area contributed by atoms with Crippen molar-refractivity contribution < 1.29 is 4.79 Å². The number of carbonyl (C=O) groups excluding carboxylic acids is 1. The van der Waals surface area contributed by atoms with Crippen LogP contribution in [0.5, 0.6) is 0 Å². The maximum absolute atomic E-state index is 12.2. The summed E-state index contributed by atoms with van der Waals surface area (Å²) in [7, 11) is 1.89. The standard InChI is InChI=1S/C15H21N5O3/c1-3-4-11(14-16-7-10-19(14)2)17-12(21)5-8-20-9-6-13(22)18-15(20)23/h6-7,9-11H,3-5,8H2,1-2H3,(H,17,21)(H,18,22,23)/t11-/m1/s1. The summed E-state index contributed by atoms with van der Waals surface area (Å²) < 4.78 is 3.18. The highest BCUT2D eigenvalue weighted by Gasteiger charge is 2.17. The number of H-pyrrole nitrogens is 1. The lowest BCUT2D eigenvalue weighted by molar-refractivity contribution is -0.122. The second-order valence-electron chi connectivity index (χ2n) is 5.36. The van der Waals surface area contributed by atoms with E-state index in [2.05, 4.69) is 15.3 Å². The Kier molecular flexibility index (Phi) is 5.51. The van der Waals surface area contributed by atoms with Gasteiger partial charge in [-0.15, -0.1) is 0 Å². The molecule has 0 fully saturated rings. The molecular formula is C15H21N5O3. The van der Waals surface area contributed by atoms with Gasteiger partial charge >= 0.3 is 5.69 Å². The van der Waals surface area contributed by atoms with Crippen molar-refractivity contribution in [2.75, 3.05) is 0 Å². The molecule has 2 N–H and O–H groups in total. The molecule has 1 amide bonds. The Balaban J connectivity index is 1.98. The Morgan fingerprint density at radius 3 is 2.78 bits per heavy atom. The number of nitrogens with one attached hydrogen (secondary N) is 2. The van der Waals surface area contributed by atoms with Crippen molar-refractivity contribution in [3.63, 3.8) is 0 Å². The lowest BCUT2D eigenvalue weighted by atomic mass is 10.1. The van der Waals surface area contributed by atoms with E-state index in [-0.39, 0.29) is 24.9 Å². The van der Waals surface area contributed by atoms with E-state index in [1.165, 1.54) is 16.8 Å². The molecule has 124 valence electrons. The second-order valence-corrected chi connectivity index (χ2v) is 5.36. The Labute approximate surface area is 133 Å². The quantitative estimate of drug-likeness (QED) is 0.767. The van der Waals surface area contributed by atoms with Crippen LogP contribution in [0, 0.1) is 0 Å². The van der Waals surface area contributed by atoms with Crippen molar-refractivity contribution in [3.8, 4) is 0 Å². The molecule has 2 aromatic rings. The Hall–Kier alpha value is -2.64. The van der Waals surface area contributed by atoms with E-state index in [1.807, 2.05) is 24.7 Å². The number of aromatic amines is 1. The van der Waals surface area contributed by atoms with Gasteiger partial charge in [0, 0.05) is 44.7 Å². The average Bonchev–Trinajstić information content (AvgIpc) is 2.92. The first-order valence-electron chi connectivity index (χ1n) is 7.57. The topological polar surface area (TPSA) is 102 Å². The van der Waals surface area contributed by atoms with E-state index >= 15 is 0 Å². The zero-order valence-electron chi connectivity index (χ0n) is 13.3. The van der Waals surface area contributed by atoms with Crippen LogP contribution >= 0.6 is 0 Å². The molecule has 0 unspecified atom stereocenters. The summed E-state index contributed by atoms with van der Waals surface area (Å²) in [5.41, 5.74) is -0.965. The molecule has 23 heavy (non-hydrogen) atoms. The van der Waals surface area contributed by atoms with Crippen molar-refractivity contribution in [3.05, 3.63) is 51.3 Å². The number of amides is 1. The number of hydrogen-bond donors (Lipinski definition) is 2. The molecule has 0 bridgehead atoms. The first-order valence-corrected chi connectivity index (χ1v) is 7.57. The molecule has 8 heteroatoms. The van der Waals surface area contributed by atoms with Gasteiger partial charge in [-0.3, -0.25) is 14.6 Å². The van der Waals surface area contributed by atoms with E-state index in [0.717, 1.165) is 18.7 Å². The number of nitrogens with zero attached hydrogens (tertiary/aromatic N) is 3. The maximum Gasteiger partial charge on any atom is 0.328 e. The molecule has 0 saturated heterocycles. The molecule has 1 atom stereocenters. The summed E-state index contributed by atoms with van der Waals surface area (Å²) in [6, 6.07) is 1.10. The number of rotatable bonds is 7. The minimum absolute atomic E-state index is 0.149. The smallest absolute Gasteiger partial charge is 0.328 e. The number of imidazole rings is 1. The molecule has 0 spiro atoms. The van der Waals surface area contributed by atoms with Crippen molar-refractivity contribution >= 4 is 5.91 Å². The number of carbonyl (C=O) groups is 1. The average molecular weight is 319 g/mol. The van der Waals surface area contributed by atoms with Crippen molar-refractivity contribution in [2.45, 2.75) is 38.8 Å². The zero-order chi connectivity index (χ0) is 16.8. The molecular weight excluding hydrogens is 298 g/mol. The molecule has 0 radical (unpaired) electrons. The third-order valence-electron chi connectivity index (χ3n) is 3.56. The Morgan fingerprint density at radius 2 is 2.17 bits per heavy atom. The van der Waals surface area contributed by atoms with Gasteiger partial charge in [-0.1, -0.05) is 13.3 Å². The van der Waals surface area contributed by atoms with Gasteiger partial charge in [-0.2, -0.15) is 0 Å². The van der Waals surface area contributed by atoms with Crippen LogP contribution in [0.2, 0.25) is 0 Å². The molecule has 8 nitrogen and oxygen atoms in total. The van der Waals surface area contributed by atoms with Gasteiger partial charge in [-0.25, -0.2) is 9.78 Å². The molecule has 2 heterocycles. The van der Waals surface area contributed by atoms with Crippen LogP contribution in [0.15, 0.2) is 34.2 Å². The van der Waals surface area contributed by atoms with Crippen LogP contribution in [0.4, 0.5) is 0 Å². The van der Waals surface area contributed by atoms with Gasteiger partial charge in [0.15, 0.2) is 0 Å². The van der Waals surface area contributed by atoms with Crippen LogP contribution in [0.3, 0.4) is 0 Å². The molecule has 0 aromatic carbocycles. The van der Waals surface area contributed by atoms with E-state index in [4.69, 9.17) is 0 Å². The highest BCUT2D eigenvalue weighted by molar-refractivity contribution is 5.76. The van der Waals surface area contributed by atoms with Crippen molar-refractivity contribution in [2.24, 2.45) is 7.05 Å². The molecule has 2 aromatic heterocycles. The van der Waals surface area contributed by atoms with Crippen LogP contribution in [0.1, 0.15) is 38.1 Å². The summed E-state index contributed by atoms with van der Waals surface area (Å²) in [6.07, 6.45) is 6.77. The Morgan fingerprint density at radius 1 is 1.39 bits per heavy atom. The van der Waals surface area contributed by atoms with Gasteiger partial charge in [0.05, 0.1) is 6.04 Å². The summed E-state index contributed by atoms with van der Waals surface area (Å²) in [5, 5.41) is 2.95. The zero-order valence-corrected chi connectivity index (χ0v) is 13.3. The monoisotopic (exact) mass is 319 g/mol. The summed E-state index contributed by atoms with van der Waals surface area (Å²) in [4.78, 5) is 41.2. The fraction of sp³-hybridized carbons (Fsp3) is 0.467. The predicted molar refractivity (Wildman–Crippen MR) is 84.9 cm³/mol. The number of hydrogen-bond acceptors (Lipinski definition) is 4.